The highest BCUT2D eigenvalue weighted by molar-refractivity contribution is 7.71. The van der Waals surface area contributed by atoms with Crippen molar-refractivity contribution < 1.29 is 29.6 Å². The van der Waals surface area contributed by atoms with Crippen molar-refractivity contribution in [1.82, 2.24) is 19.7 Å². The normalized spacial score (nSPS) is 26.9. The smallest absolute Gasteiger partial charge is 0.217 e. The summed E-state index contributed by atoms with van der Waals surface area (Å²) in [6, 6.07) is 8.18. The molecule has 0 bridgehead atoms. The average molecular weight is 424 g/mol. The lowest BCUT2D eigenvalue weighted by Crippen LogP contribution is -2.62. The molecule has 11 heteroatoms. The van der Waals surface area contributed by atoms with Crippen LogP contribution < -0.4 is 10.1 Å². The van der Waals surface area contributed by atoms with Crippen molar-refractivity contribution in [2.45, 2.75) is 44.1 Å². The minimum Gasteiger partial charge on any atom is -0.486 e. The third kappa shape index (κ3) is 4.49. The Labute approximate surface area is 172 Å². The van der Waals surface area contributed by atoms with Gasteiger partial charge in [0.05, 0.1) is 6.61 Å². The number of nitrogens with one attached hydrogen (secondary N) is 1. The molecule has 5 atom stereocenters. The molecule has 2 aromatic rings. The van der Waals surface area contributed by atoms with Gasteiger partial charge in [-0.25, -0.2) is 4.68 Å². The van der Waals surface area contributed by atoms with Crippen LogP contribution in [0.4, 0.5) is 0 Å². The standard InChI is InChI=1S/C18H24N4O6S/c1-10(24)19-14-16(26)15(25)12(8-23)28-17(14)22-18(29)21(2)13(20-22)9-27-11-6-4-3-5-7-11/h3-7,12,14-17,23,25-26H,8-9H2,1-2H3,(H,19,24)/t12-,14-,15-,16-,17-/m1/s1. The predicted octanol–water partition coefficient (Wildman–Crippen LogP) is -0.354. The number of aliphatic hydroxyl groups is 3. The highest BCUT2D eigenvalue weighted by Crippen LogP contribution is 2.28. The zero-order valence-electron chi connectivity index (χ0n) is 16.0. The van der Waals surface area contributed by atoms with Gasteiger partial charge in [0.1, 0.15) is 36.7 Å². The summed E-state index contributed by atoms with van der Waals surface area (Å²) in [4.78, 5) is 11.6. The summed E-state index contributed by atoms with van der Waals surface area (Å²) in [5, 5.41) is 37.1. The first-order valence-corrected chi connectivity index (χ1v) is 9.46. The van der Waals surface area contributed by atoms with Gasteiger partial charge in [0.2, 0.25) is 5.91 Å². The van der Waals surface area contributed by atoms with Gasteiger partial charge in [-0.2, -0.15) is 5.10 Å². The van der Waals surface area contributed by atoms with Crippen molar-refractivity contribution in [3.05, 3.63) is 40.9 Å². The van der Waals surface area contributed by atoms with Gasteiger partial charge in [-0.15, -0.1) is 0 Å². The maximum atomic E-state index is 11.6. The van der Waals surface area contributed by atoms with E-state index >= 15 is 0 Å². The third-order valence-electron chi connectivity index (χ3n) is 4.72. The van der Waals surface area contributed by atoms with E-state index in [1.807, 2.05) is 30.3 Å². The molecule has 0 spiro atoms. The Morgan fingerprint density at radius 3 is 2.62 bits per heavy atom. The topological polar surface area (TPSA) is 131 Å². The van der Waals surface area contributed by atoms with Gasteiger partial charge in [0.25, 0.3) is 0 Å². The van der Waals surface area contributed by atoms with Crippen molar-refractivity contribution in [1.29, 1.82) is 0 Å². The van der Waals surface area contributed by atoms with E-state index in [9.17, 15) is 20.1 Å². The second-order valence-corrected chi connectivity index (χ2v) is 7.12. The number of carbonyl (C=O) groups is 1. The third-order valence-corrected chi connectivity index (χ3v) is 5.18. The van der Waals surface area contributed by atoms with Gasteiger partial charge in [-0.3, -0.25) is 4.79 Å². The fraction of sp³-hybridized carbons (Fsp3) is 0.500. The predicted molar refractivity (Wildman–Crippen MR) is 103 cm³/mol. The van der Waals surface area contributed by atoms with Crippen LogP contribution >= 0.6 is 12.2 Å². The number of ether oxygens (including phenoxy) is 2. The quantitative estimate of drug-likeness (QED) is 0.463. The SMILES string of the molecule is CC(=O)N[C@@H]1[C@@H](O)[C@H](O)[C@@H](CO)O[C@H]1n1nc(COc2ccccc2)n(C)c1=S. The largest absolute Gasteiger partial charge is 0.486 e. The van der Waals surface area contributed by atoms with Crippen molar-refractivity contribution in [2.24, 2.45) is 7.05 Å². The Kier molecular flexibility index (Phi) is 6.65. The van der Waals surface area contributed by atoms with Crippen LogP contribution in [0.1, 0.15) is 19.0 Å². The summed E-state index contributed by atoms with van der Waals surface area (Å²) < 4.78 is 14.7. The summed E-state index contributed by atoms with van der Waals surface area (Å²) in [5.41, 5.74) is 0. The first-order chi connectivity index (χ1) is 13.8. The second kappa shape index (κ2) is 9.01. The molecular formula is C18H24N4O6S. The zero-order valence-corrected chi connectivity index (χ0v) is 16.8. The number of nitrogens with zero attached hydrogens (tertiary/aromatic N) is 3. The molecule has 2 heterocycles. The van der Waals surface area contributed by atoms with Crippen molar-refractivity contribution >= 4 is 18.1 Å². The Morgan fingerprint density at radius 1 is 1.31 bits per heavy atom. The molecule has 0 radical (unpaired) electrons. The van der Waals surface area contributed by atoms with E-state index in [1.54, 1.807) is 11.6 Å². The lowest BCUT2D eigenvalue weighted by Gasteiger charge is -2.42. The number of rotatable bonds is 6. The molecule has 0 unspecified atom stereocenters. The molecule has 0 saturated carbocycles. The van der Waals surface area contributed by atoms with E-state index in [0.29, 0.717) is 11.6 Å². The van der Waals surface area contributed by atoms with Crippen LogP contribution in [-0.4, -0.2) is 66.5 Å². The van der Waals surface area contributed by atoms with Crippen LogP contribution in [0.5, 0.6) is 5.75 Å². The van der Waals surface area contributed by atoms with Crippen LogP contribution in [0.25, 0.3) is 0 Å². The molecule has 1 amide bonds. The van der Waals surface area contributed by atoms with E-state index < -0.39 is 43.1 Å². The number of hydrogen-bond acceptors (Lipinski definition) is 8. The van der Waals surface area contributed by atoms with Crippen LogP contribution in [0, 0.1) is 4.77 Å². The van der Waals surface area contributed by atoms with Crippen LogP contribution in [0.15, 0.2) is 30.3 Å². The number of amides is 1. The Hall–Kier alpha value is -2.31. The lowest BCUT2D eigenvalue weighted by molar-refractivity contribution is -0.219. The van der Waals surface area contributed by atoms with Gasteiger partial charge in [0, 0.05) is 14.0 Å². The Balaban J connectivity index is 1.90. The highest BCUT2D eigenvalue weighted by atomic mass is 32.1. The number of hydrogen-bond donors (Lipinski definition) is 4. The first-order valence-electron chi connectivity index (χ1n) is 9.05. The molecule has 1 aromatic heterocycles. The lowest BCUT2D eigenvalue weighted by atomic mass is 9.96. The fourth-order valence-electron chi connectivity index (χ4n) is 3.15. The van der Waals surface area contributed by atoms with Crippen LogP contribution in [-0.2, 0) is 23.2 Å². The summed E-state index contributed by atoms with van der Waals surface area (Å²) in [6.07, 6.45) is -4.86. The van der Waals surface area contributed by atoms with Gasteiger partial charge in [-0.1, -0.05) is 18.2 Å². The number of benzene rings is 1. The van der Waals surface area contributed by atoms with Crippen molar-refractivity contribution in [3.63, 3.8) is 0 Å². The van der Waals surface area contributed by atoms with Gasteiger partial charge < -0.3 is 34.7 Å². The molecule has 4 N–H and O–H groups in total. The van der Waals surface area contributed by atoms with E-state index in [-0.39, 0.29) is 11.4 Å². The summed E-state index contributed by atoms with van der Waals surface area (Å²) in [7, 11) is 1.71. The minimum atomic E-state index is -1.39. The molecular weight excluding hydrogens is 400 g/mol. The molecule has 158 valence electrons. The minimum absolute atomic E-state index is 0.128. The van der Waals surface area contributed by atoms with Gasteiger partial charge in [-0.05, 0) is 24.4 Å². The molecule has 1 aliphatic heterocycles. The maximum absolute atomic E-state index is 11.6. The monoisotopic (exact) mass is 424 g/mol. The van der Waals surface area contributed by atoms with Gasteiger partial charge in [0.15, 0.2) is 16.8 Å². The van der Waals surface area contributed by atoms with E-state index in [1.165, 1.54) is 11.6 Å². The maximum Gasteiger partial charge on any atom is 0.217 e. The van der Waals surface area contributed by atoms with E-state index in [0.717, 1.165) is 0 Å². The molecule has 1 aromatic carbocycles. The summed E-state index contributed by atoms with van der Waals surface area (Å²) in [5.74, 6) is 0.731. The fourth-order valence-corrected chi connectivity index (χ4v) is 3.40. The average Bonchev–Trinajstić information content (AvgIpc) is 2.99. The number of para-hydroxylation sites is 1. The second-order valence-electron chi connectivity index (χ2n) is 6.76. The van der Waals surface area contributed by atoms with Crippen molar-refractivity contribution in [3.8, 4) is 5.75 Å². The highest BCUT2D eigenvalue weighted by Gasteiger charge is 2.46. The van der Waals surface area contributed by atoms with Crippen molar-refractivity contribution in [2.75, 3.05) is 6.61 Å². The molecule has 29 heavy (non-hydrogen) atoms. The number of aliphatic hydroxyl groups excluding tert-OH is 3. The molecule has 0 aliphatic carbocycles. The van der Waals surface area contributed by atoms with Gasteiger partial charge >= 0.3 is 0 Å². The molecule has 10 nitrogen and oxygen atoms in total. The number of carbonyl (C=O) groups excluding carboxylic acids is 1. The molecule has 1 fully saturated rings. The Morgan fingerprint density at radius 2 is 2.00 bits per heavy atom. The van der Waals surface area contributed by atoms with Crippen LogP contribution in [0.2, 0.25) is 0 Å². The first kappa shape index (κ1) is 21.4. The molecule has 3 rings (SSSR count). The number of aromatic nitrogens is 3. The molecule has 1 saturated heterocycles. The summed E-state index contributed by atoms with van der Waals surface area (Å²) in [6.45, 7) is 0.889. The Bertz CT molecular complexity index is 902. The zero-order chi connectivity index (χ0) is 21.1. The van der Waals surface area contributed by atoms with E-state index in [2.05, 4.69) is 10.4 Å². The summed E-state index contributed by atoms with van der Waals surface area (Å²) >= 11 is 5.44. The van der Waals surface area contributed by atoms with Crippen LogP contribution in [0.3, 0.4) is 0 Å². The van der Waals surface area contributed by atoms with E-state index in [4.69, 9.17) is 21.7 Å². The molecule has 1 aliphatic rings.